The van der Waals surface area contributed by atoms with E-state index in [9.17, 15) is 0 Å². The fraction of sp³-hybridized carbons (Fsp3) is 0.353. The van der Waals surface area contributed by atoms with Gasteiger partial charge < -0.3 is 4.74 Å². The summed E-state index contributed by atoms with van der Waals surface area (Å²) >= 11 is 0. The lowest BCUT2D eigenvalue weighted by molar-refractivity contribution is 0.245. The number of para-hydroxylation sites is 1. The molecule has 0 aliphatic rings. The van der Waals surface area contributed by atoms with E-state index >= 15 is 0 Å². The predicted molar refractivity (Wildman–Crippen MR) is 79.1 cm³/mol. The van der Waals surface area contributed by atoms with E-state index in [1.165, 1.54) is 12.8 Å². The average Bonchev–Trinajstić information content (AvgIpc) is 2.46. The summed E-state index contributed by atoms with van der Waals surface area (Å²) in [6, 6.07) is 9.87. The van der Waals surface area contributed by atoms with Crippen molar-refractivity contribution in [3.63, 3.8) is 0 Å². The molecule has 19 heavy (non-hydrogen) atoms. The number of terminal acetylenes is 1. The van der Waals surface area contributed by atoms with E-state index < -0.39 is 0 Å². The van der Waals surface area contributed by atoms with Gasteiger partial charge in [0.1, 0.15) is 11.3 Å². The Hall–Kier alpha value is -2.01. The summed E-state index contributed by atoms with van der Waals surface area (Å²) in [6.07, 6.45) is 11.5. The number of unbranched alkanes of at least 4 members (excludes halogenated alkanes) is 2. The minimum Gasteiger partial charge on any atom is -0.475 e. The van der Waals surface area contributed by atoms with Crippen molar-refractivity contribution in [3.8, 4) is 18.1 Å². The van der Waals surface area contributed by atoms with Gasteiger partial charge in [0.05, 0.1) is 0 Å². The Bertz CT molecular complexity index is 565. The van der Waals surface area contributed by atoms with Crippen molar-refractivity contribution in [1.29, 1.82) is 0 Å². The number of rotatable bonds is 6. The van der Waals surface area contributed by atoms with Gasteiger partial charge in [0.2, 0.25) is 0 Å². The van der Waals surface area contributed by atoms with Crippen LogP contribution >= 0.6 is 0 Å². The van der Waals surface area contributed by atoms with E-state index in [1.807, 2.05) is 30.3 Å². The van der Waals surface area contributed by atoms with Gasteiger partial charge in [-0.2, -0.15) is 0 Å². The molecule has 1 aromatic heterocycles. The molecular weight excluding hydrogens is 234 g/mol. The Morgan fingerprint density at radius 1 is 1.26 bits per heavy atom. The minimum absolute atomic E-state index is 0.167. The predicted octanol–water partition coefficient (Wildman–Crippen LogP) is 4.20. The maximum absolute atomic E-state index is 5.92. The SMILES string of the molecule is C#C[C@H](CCCCC)Oc1cccc2cccnc12. The molecule has 2 nitrogen and oxygen atoms in total. The van der Waals surface area contributed by atoms with Crippen molar-refractivity contribution in [2.45, 2.75) is 38.7 Å². The lowest BCUT2D eigenvalue weighted by Crippen LogP contribution is -2.14. The molecule has 1 aromatic carbocycles. The van der Waals surface area contributed by atoms with Crippen LogP contribution in [-0.2, 0) is 0 Å². The highest BCUT2D eigenvalue weighted by Crippen LogP contribution is 2.24. The highest BCUT2D eigenvalue weighted by Gasteiger charge is 2.09. The molecule has 2 rings (SSSR count). The second kappa shape index (κ2) is 6.80. The van der Waals surface area contributed by atoms with Crippen molar-refractivity contribution in [2.24, 2.45) is 0 Å². The summed E-state index contributed by atoms with van der Waals surface area (Å²) < 4.78 is 5.92. The van der Waals surface area contributed by atoms with E-state index in [0.717, 1.165) is 29.5 Å². The number of hydrogen-bond acceptors (Lipinski definition) is 2. The van der Waals surface area contributed by atoms with Crippen LogP contribution in [0.15, 0.2) is 36.5 Å². The fourth-order valence-electron chi connectivity index (χ4n) is 2.08. The van der Waals surface area contributed by atoms with Gasteiger partial charge in [-0.3, -0.25) is 4.98 Å². The fourth-order valence-corrected chi connectivity index (χ4v) is 2.08. The van der Waals surface area contributed by atoms with Gasteiger partial charge in [-0.1, -0.05) is 43.9 Å². The van der Waals surface area contributed by atoms with Gasteiger partial charge in [0, 0.05) is 11.6 Å². The van der Waals surface area contributed by atoms with Crippen LogP contribution in [0, 0.1) is 12.3 Å². The Kier molecular flexibility index (Phi) is 4.80. The zero-order valence-electron chi connectivity index (χ0n) is 11.3. The lowest BCUT2D eigenvalue weighted by atomic mass is 10.1. The smallest absolute Gasteiger partial charge is 0.159 e. The summed E-state index contributed by atoms with van der Waals surface area (Å²) in [5.74, 6) is 3.50. The first-order chi connectivity index (χ1) is 9.35. The highest BCUT2D eigenvalue weighted by molar-refractivity contribution is 5.84. The molecule has 0 saturated carbocycles. The molecule has 0 bridgehead atoms. The van der Waals surface area contributed by atoms with Gasteiger partial charge in [0.15, 0.2) is 6.10 Å². The van der Waals surface area contributed by atoms with Crippen LogP contribution in [0.5, 0.6) is 5.75 Å². The Balaban J connectivity index is 2.13. The molecule has 1 heterocycles. The quantitative estimate of drug-likeness (QED) is 0.568. The number of aromatic nitrogens is 1. The molecule has 0 spiro atoms. The first-order valence-electron chi connectivity index (χ1n) is 6.81. The molecule has 0 radical (unpaired) electrons. The third-order valence-corrected chi connectivity index (χ3v) is 3.12. The van der Waals surface area contributed by atoms with E-state index in [4.69, 9.17) is 11.2 Å². The van der Waals surface area contributed by atoms with Crippen LogP contribution < -0.4 is 4.74 Å². The molecule has 0 aliphatic carbocycles. The summed E-state index contributed by atoms with van der Waals surface area (Å²) in [4.78, 5) is 4.37. The summed E-state index contributed by atoms with van der Waals surface area (Å²) in [7, 11) is 0. The van der Waals surface area contributed by atoms with Crippen LogP contribution in [0.3, 0.4) is 0 Å². The third kappa shape index (κ3) is 3.48. The van der Waals surface area contributed by atoms with Gasteiger partial charge in [0.25, 0.3) is 0 Å². The molecule has 2 heteroatoms. The van der Waals surface area contributed by atoms with Crippen LogP contribution in [0.4, 0.5) is 0 Å². The average molecular weight is 253 g/mol. The summed E-state index contributed by atoms with van der Waals surface area (Å²) in [5.41, 5.74) is 0.876. The summed E-state index contributed by atoms with van der Waals surface area (Å²) in [6.45, 7) is 2.18. The van der Waals surface area contributed by atoms with Crippen molar-refractivity contribution < 1.29 is 4.74 Å². The second-order valence-electron chi connectivity index (χ2n) is 4.60. The Morgan fingerprint density at radius 3 is 2.89 bits per heavy atom. The normalized spacial score (nSPS) is 12.0. The number of benzene rings is 1. The number of nitrogens with zero attached hydrogens (tertiary/aromatic N) is 1. The van der Waals surface area contributed by atoms with Crippen molar-refractivity contribution in [2.75, 3.05) is 0 Å². The number of ether oxygens (including phenoxy) is 1. The van der Waals surface area contributed by atoms with E-state index in [2.05, 4.69) is 17.8 Å². The molecule has 0 saturated heterocycles. The standard InChI is InChI=1S/C17H19NO/c1-3-5-6-11-15(4-2)19-16-12-7-9-14-10-8-13-18-17(14)16/h2,7-10,12-13,15H,3,5-6,11H2,1H3/t15-/m1/s1. The molecule has 0 N–H and O–H groups in total. The third-order valence-electron chi connectivity index (χ3n) is 3.12. The highest BCUT2D eigenvalue weighted by atomic mass is 16.5. The maximum Gasteiger partial charge on any atom is 0.159 e. The van der Waals surface area contributed by atoms with Crippen molar-refractivity contribution in [1.82, 2.24) is 4.98 Å². The molecular formula is C17H19NO. The molecule has 1 atom stereocenters. The number of pyridine rings is 1. The molecule has 0 amide bonds. The zero-order valence-corrected chi connectivity index (χ0v) is 11.3. The maximum atomic E-state index is 5.92. The van der Waals surface area contributed by atoms with Crippen LogP contribution in [0.1, 0.15) is 32.6 Å². The van der Waals surface area contributed by atoms with Crippen molar-refractivity contribution >= 4 is 10.9 Å². The second-order valence-corrected chi connectivity index (χ2v) is 4.60. The van der Waals surface area contributed by atoms with Gasteiger partial charge in [-0.25, -0.2) is 0 Å². The monoisotopic (exact) mass is 253 g/mol. The first-order valence-corrected chi connectivity index (χ1v) is 6.81. The van der Waals surface area contributed by atoms with Crippen LogP contribution in [0.2, 0.25) is 0 Å². The molecule has 98 valence electrons. The Labute approximate surface area is 114 Å². The molecule has 0 unspecified atom stereocenters. The molecule has 0 aliphatic heterocycles. The molecule has 2 aromatic rings. The van der Waals surface area contributed by atoms with Crippen molar-refractivity contribution in [3.05, 3.63) is 36.5 Å². The van der Waals surface area contributed by atoms with Gasteiger partial charge in [-0.15, -0.1) is 6.42 Å². The van der Waals surface area contributed by atoms with Gasteiger partial charge >= 0.3 is 0 Å². The molecule has 0 fully saturated rings. The lowest BCUT2D eigenvalue weighted by Gasteiger charge is -2.14. The van der Waals surface area contributed by atoms with Gasteiger partial charge in [-0.05, 0) is 25.0 Å². The van der Waals surface area contributed by atoms with Crippen LogP contribution in [0.25, 0.3) is 10.9 Å². The minimum atomic E-state index is -0.167. The van der Waals surface area contributed by atoms with E-state index in [0.29, 0.717) is 0 Å². The first kappa shape index (κ1) is 13.4. The Morgan fingerprint density at radius 2 is 2.11 bits per heavy atom. The van der Waals surface area contributed by atoms with E-state index in [-0.39, 0.29) is 6.10 Å². The van der Waals surface area contributed by atoms with E-state index in [1.54, 1.807) is 6.20 Å². The number of hydrogen-bond donors (Lipinski definition) is 0. The largest absolute Gasteiger partial charge is 0.475 e. The number of fused-ring (bicyclic) bond motifs is 1. The van der Waals surface area contributed by atoms with Crippen LogP contribution in [-0.4, -0.2) is 11.1 Å². The zero-order chi connectivity index (χ0) is 13.5. The summed E-state index contributed by atoms with van der Waals surface area (Å²) in [5, 5.41) is 1.07. The topological polar surface area (TPSA) is 22.1 Å².